The molecule has 1 rings (SSSR count). The Balaban J connectivity index is 2.34. The van der Waals surface area contributed by atoms with E-state index in [4.69, 9.17) is 5.73 Å². The van der Waals surface area contributed by atoms with Gasteiger partial charge in [0.15, 0.2) is 0 Å². The second-order valence-electron chi connectivity index (χ2n) is 5.14. The molecule has 4 heteroatoms. The van der Waals surface area contributed by atoms with Crippen LogP contribution < -0.4 is 11.1 Å². The van der Waals surface area contributed by atoms with Crippen molar-refractivity contribution in [3.63, 3.8) is 0 Å². The third-order valence-electron chi connectivity index (χ3n) is 3.55. The number of anilines is 2. The summed E-state index contributed by atoms with van der Waals surface area (Å²) in [6.07, 6.45) is 4.17. The van der Waals surface area contributed by atoms with E-state index in [0.29, 0.717) is 6.04 Å². The van der Waals surface area contributed by atoms with Gasteiger partial charge in [0.2, 0.25) is 0 Å². The predicted molar refractivity (Wildman–Crippen MR) is 83.5 cm³/mol. The fourth-order valence-electron chi connectivity index (χ4n) is 2.10. The standard InChI is InChI=1S/C15H28N4/c1-5-19(6-2)9-7-8-13(4)18-15-10-14(16)12(3)11-17-15/h10-11,13H,5-9H2,1-4H3,(H3,16,17,18). The van der Waals surface area contributed by atoms with Gasteiger partial charge >= 0.3 is 0 Å². The Labute approximate surface area is 117 Å². The average molecular weight is 264 g/mol. The number of nitrogen functional groups attached to an aromatic ring is 1. The van der Waals surface area contributed by atoms with Crippen molar-refractivity contribution in [1.29, 1.82) is 0 Å². The van der Waals surface area contributed by atoms with Gasteiger partial charge in [-0.25, -0.2) is 4.98 Å². The summed E-state index contributed by atoms with van der Waals surface area (Å²) in [7, 11) is 0. The molecule has 0 spiro atoms. The topological polar surface area (TPSA) is 54.2 Å². The zero-order valence-corrected chi connectivity index (χ0v) is 12.7. The lowest BCUT2D eigenvalue weighted by molar-refractivity contribution is 0.295. The molecule has 0 aliphatic heterocycles. The molecular weight excluding hydrogens is 236 g/mol. The molecule has 0 aromatic carbocycles. The third-order valence-corrected chi connectivity index (χ3v) is 3.55. The van der Waals surface area contributed by atoms with Crippen LogP contribution in [0.2, 0.25) is 0 Å². The van der Waals surface area contributed by atoms with Gasteiger partial charge in [-0.2, -0.15) is 0 Å². The summed E-state index contributed by atoms with van der Waals surface area (Å²) in [5.74, 6) is 0.874. The fraction of sp³-hybridized carbons (Fsp3) is 0.667. The Morgan fingerprint density at radius 3 is 2.63 bits per heavy atom. The zero-order valence-electron chi connectivity index (χ0n) is 12.7. The summed E-state index contributed by atoms with van der Waals surface area (Å²) < 4.78 is 0. The molecule has 4 nitrogen and oxygen atoms in total. The highest BCUT2D eigenvalue weighted by molar-refractivity contribution is 5.53. The summed E-state index contributed by atoms with van der Waals surface area (Å²) in [5, 5.41) is 3.41. The summed E-state index contributed by atoms with van der Waals surface area (Å²) >= 11 is 0. The first-order valence-electron chi connectivity index (χ1n) is 7.27. The van der Waals surface area contributed by atoms with Gasteiger partial charge in [-0.05, 0) is 51.9 Å². The van der Waals surface area contributed by atoms with Gasteiger partial charge in [-0.3, -0.25) is 0 Å². The van der Waals surface area contributed by atoms with Crippen molar-refractivity contribution in [2.75, 3.05) is 30.7 Å². The average Bonchev–Trinajstić information content (AvgIpc) is 2.39. The predicted octanol–water partition coefficient (Wildman–Crippen LogP) is 2.89. The second kappa shape index (κ2) is 8.00. The first-order valence-corrected chi connectivity index (χ1v) is 7.27. The molecule has 0 bridgehead atoms. The number of hydrogen-bond acceptors (Lipinski definition) is 4. The van der Waals surface area contributed by atoms with Crippen LogP contribution in [-0.2, 0) is 0 Å². The van der Waals surface area contributed by atoms with Crippen LogP contribution in [0.15, 0.2) is 12.3 Å². The van der Waals surface area contributed by atoms with E-state index in [-0.39, 0.29) is 0 Å². The molecule has 0 radical (unpaired) electrons. The van der Waals surface area contributed by atoms with Crippen LogP contribution in [0.1, 0.15) is 39.2 Å². The first kappa shape index (κ1) is 15.8. The molecule has 0 amide bonds. The van der Waals surface area contributed by atoms with Gasteiger partial charge in [-0.1, -0.05) is 13.8 Å². The van der Waals surface area contributed by atoms with Crippen LogP contribution in [0, 0.1) is 6.92 Å². The monoisotopic (exact) mass is 264 g/mol. The van der Waals surface area contributed by atoms with Crippen molar-refractivity contribution in [1.82, 2.24) is 9.88 Å². The molecule has 19 heavy (non-hydrogen) atoms. The van der Waals surface area contributed by atoms with E-state index in [1.807, 2.05) is 19.2 Å². The van der Waals surface area contributed by atoms with Gasteiger partial charge in [0.1, 0.15) is 5.82 Å². The summed E-state index contributed by atoms with van der Waals surface area (Å²) in [5.41, 5.74) is 7.71. The first-order chi connectivity index (χ1) is 9.06. The minimum atomic E-state index is 0.421. The highest BCUT2D eigenvalue weighted by atomic mass is 15.1. The van der Waals surface area contributed by atoms with Gasteiger partial charge in [0.25, 0.3) is 0 Å². The largest absolute Gasteiger partial charge is 0.398 e. The Hall–Kier alpha value is -1.29. The molecule has 1 atom stereocenters. The number of hydrogen-bond donors (Lipinski definition) is 2. The van der Waals surface area contributed by atoms with E-state index in [2.05, 4.69) is 36.0 Å². The maximum absolute atomic E-state index is 5.89. The number of nitrogens with two attached hydrogens (primary N) is 1. The van der Waals surface area contributed by atoms with Crippen LogP contribution in [0.4, 0.5) is 11.5 Å². The summed E-state index contributed by atoms with van der Waals surface area (Å²) in [6.45, 7) is 12.0. The summed E-state index contributed by atoms with van der Waals surface area (Å²) in [6, 6.07) is 2.33. The van der Waals surface area contributed by atoms with E-state index in [0.717, 1.165) is 36.6 Å². The molecule has 108 valence electrons. The second-order valence-corrected chi connectivity index (χ2v) is 5.14. The minimum Gasteiger partial charge on any atom is -0.398 e. The maximum atomic E-state index is 5.89. The number of aromatic nitrogens is 1. The summed E-state index contributed by atoms with van der Waals surface area (Å²) in [4.78, 5) is 6.81. The van der Waals surface area contributed by atoms with Crippen LogP contribution >= 0.6 is 0 Å². The van der Waals surface area contributed by atoms with Crippen LogP contribution in [0.3, 0.4) is 0 Å². The normalized spacial score (nSPS) is 12.7. The molecule has 1 aromatic rings. The van der Waals surface area contributed by atoms with E-state index in [1.54, 1.807) is 0 Å². The Kier molecular flexibility index (Phi) is 6.64. The molecule has 1 unspecified atom stereocenters. The highest BCUT2D eigenvalue weighted by Gasteiger charge is 2.05. The van der Waals surface area contributed by atoms with Crippen molar-refractivity contribution in [3.8, 4) is 0 Å². The Morgan fingerprint density at radius 2 is 2.05 bits per heavy atom. The lowest BCUT2D eigenvalue weighted by Crippen LogP contribution is -2.25. The van der Waals surface area contributed by atoms with Crippen molar-refractivity contribution >= 4 is 11.5 Å². The molecule has 3 N–H and O–H groups in total. The van der Waals surface area contributed by atoms with Crippen LogP contribution in [0.5, 0.6) is 0 Å². The number of pyridine rings is 1. The molecule has 0 aliphatic rings. The molecular formula is C15H28N4. The van der Waals surface area contributed by atoms with Gasteiger partial charge in [0, 0.05) is 24.0 Å². The zero-order chi connectivity index (χ0) is 14.3. The Bertz CT molecular complexity index is 374. The van der Waals surface area contributed by atoms with Crippen LogP contribution in [-0.4, -0.2) is 35.6 Å². The SMILES string of the molecule is CCN(CC)CCCC(C)Nc1cc(N)c(C)cn1. The lowest BCUT2D eigenvalue weighted by Gasteiger charge is -2.20. The molecule has 0 fully saturated rings. The minimum absolute atomic E-state index is 0.421. The van der Waals surface area contributed by atoms with Crippen molar-refractivity contribution in [3.05, 3.63) is 17.8 Å². The van der Waals surface area contributed by atoms with Gasteiger partial charge < -0.3 is 16.0 Å². The fourth-order valence-corrected chi connectivity index (χ4v) is 2.10. The maximum Gasteiger partial charge on any atom is 0.128 e. The molecule has 0 saturated heterocycles. The molecule has 0 saturated carbocycles. The molecule has 1 heterocycles. The molecule has 0 aliphatic carbocycles. The van der Waals surface area contributed by atoms with Crippen molar-refractivity contribution in [2.24, 2.45) is 0 Å². The van der Waals surface area contributed by atoms with Crippen LogP contribution in [0.25, 0.3) is 0 Å². The van der Waals surface area contributed by atoms with E-state index in [1.165, 1.54) is 13.0 Å². The highest BCUT2D eigenvalue weighted by Crippen LogP contribution is 2.15. The van der Waals surface area contributed by atoms with E-state index >= 15 is 0 Å². The smallest absolute Gasteiger partial charge is 0.128 e. The lowest BCUT2D eigenvalue weighted by atomic mass is 10.1. The van der Waals surface area contributed by atoms with Gasteiger partial charge in [-0.15, -0.1) is 0 Å². The van der Waals surface area contributed by atoms with Crippen molar-refractivity contribution in [2.45, 2.75) is 46.6 Å². The number of rotatable bonds is 8. The number of aryl methyl sites for hydroxylation is 1. The van der Waals surface area contributed by atoms with E-state index < -0.39 is 0 Å². The third kappa shape index (κ3) is 5.47. The Morgan fingerprint density at radius 1 is 1.37 bits per heavy atom. The molecule has 1 aromatic heterocycles. The van der Waals surface area contributed by atoms with Crippen molar-refractivity contribution < 1.29 is 0 Å². The van der Waals surface area contributed by atoms with E-state index in [9.17, 15) is 0 Å². The number of nitrogens with zero attached hydrogens (tertiary/aromatic N) is 2. The number of nitrogens with one attached hydrogen (secondary N) is 1. The van der Waals surface area contributed by atoms with Gasteiger partial charge in [0.05, 0.1) is 0 Å². The quantitative estimate of drug-likeness (QED) is 0.758.